The number of nitrogens with zero attached hydrogens (tertiary/aromatic N) is 1. The van der Waals surface area contributed by atoms with Crippen LogP contribution in [0.1, 0.15) is 60.3 Å². The van der Waals surface area contributed by atoms with E-state index in [1.165, 1.54) is 6.42 Å². The van der Waals surface area contributed by atoms with Crippen molar-refractivity contribution in [2.24, 2.45) is 10.9 Å². The van der Waals surface area contributed by atoms with Crippen LogP contribution in [0.3, 0.4) is 0 Å². The molecule has 2 N–H and O–H groups in total. The molecule has 0 spiro atoms. The predicted octanol–water partition coefficient (Wildman–Crippen LogP) is 2.71. The van der Waals surface area contributed by atoms with Crippen molar-refractivity contribution in [3.8, 4) is 0 Å². The van der Waals surface area contributed by atoms with Crippen molar-refractivity contribution >= 4 is 11.9 Å². The molecule has 0 amide bonds. The Labute approximate surface area is 129 Å². The summed E-state index contributed by atoms with van der Waals surface area (Å²) in [7, 11) is 0. The van der Waals surface area contributed by atoms with E-state index in [2.05, 4.69) is 43.3 Å². The van der Waals surface area contributed by atoms with Gasteiger partial charge in [0.1, 0.15) is 0 Å². The lowest BCUT2D eigenvalue weighted by atomic mass is 10.0. The molecule has 0 bridgehead atoms. The Morgan fingerprint density at radius 2 is 1.90 bits per heavy atom. The molecular formula is C16H33N3O2. The maximum absolute atomic E-state index is 11.2. The summed E-state index contributed by atoms with van der Waals surface area (Å²) in [5, 5.41) is 6.65. The number of rotatable bonds is 10. The lowest BCUT2D eigenvalue weighted by molar-refractivity contribution is -0.143. The van der Waals surface area contributed by atoms with Gasteiger partial charge in [0, 0.05) is 25.6 Å². The van der Waals surface area contributed by atoms with Gasteiger partial charge in [-0.2, -0.15) is 0 Å². The summed E-state index contributed by atoms with van der Waals surface area (Å²) in [6, 6.07) is 0.398. The zero-order chi connectivity index (χ0) is 16.1. The van der Waals surface area contributed by atoms with E-state index in [0.29, 0.717) is 25.6 Å². The number of guanidine groups is 1. The predicted molar refractivity (Wildman–Crippen MR) is 88.5 cm³/mol. The monoisotopic (exact) mass is 299 g/mol. The Balaban J connectivity index is 4.08. The molecule has 5 nitrogen and oxygen atoms in total. The van der Waals surface area contributed by atoms with Crippen LogP contribution < -0.4 is 10.6 Å². The molecular weight excluding hydrogens is 266 g/mol. The van der Waals surface area contributed by atoms with E-state index in [1.54, 1.807) is 0 Å². The Kier molecular flexibility index (Phi) is 11.7. The zero-order valence-electron chi connectivity index (χ0n) is 14.4. The summed E-state index contributed by atoms with van der Waals surface area (Å²) >= 11 is 0. The van der Waals surface area contributed by atoms with E-state index in [0.717, 1.165) is 31.3 Å². The quantitative estimate of drug-likeness (QED) is 0.282. The first-order valence-electron chi connectivity index (χ1n) is 8.20. The SMILES string of the molecule is CCNC(=NCCCC(=O)OCC)NC(C)CCC(C)C. The van der Waals surface area contributed by atoms with Crippen molar-refractivity contribution in [1.82, 2.24) is 10.6 Å². The van der Waals surface area contributed by atoms with Gasteiger partial charge in [-0.05, 0) is 46.0 Å². The second kappa shape index (κ2) is 12.5. The average Bonchev–Trinajstić information content (AvgIpc) is 2.41. The van der Waals surface area contributed by atoms with Gasteiger partial charge in [-0.15, -0.1) is 0 Å². The summed E-state index contributed by atoms with van der Waals surface area (Å²) < 4.78 is 4.90. The van der Waals surface area contributed by atoms with Crippen LogP contribution in [-0.2, 0) is 9.53 Å². The Morgan fingerprint density at radius 3 is 2.48 bits per heavy atom. The minimum Gasteiger partial charge on any atom is -0.466 e. The van der Waals surface area contributed by atoms with Crippen LogP contribution in [0.2, 0.25) is 0 Å². The van der Waals surface area contributed by atoms with Gasteiger partial charge in [-0.25, -0.2) is 0 Å². The molecule has 124 valence electrons. The fourth-order valence-electron chi connectivity index (χ4n) is 1.86. The fourth-order valence-corrected chi connectivity index (χ4v) is 1.86. The van der Waals surface area contributed by atoms with Gasteiger partial charge in [0.2, 0.25) is 0 Å². The zero-order valence-corrected chi connectivity index (χ0v) is 14.4. The second-order valence-corrected chi connectivity index (χ2v) is 5.69. The standard InChI is InChI=1S/C16H33N3O2/c1-6-17-16(19-14(5)11-10-13(3)4)18-12-8-9-15(20)21-7-2/h13-14H,6-12H2,1-5H3,(H2,17,18,19). The number of nitrogens with one attached hydrogen (secondary N) is 2. The molecule has 0 aromatic rings. The normalized spacial score (nSPS) is 13.1. The lowest BCUT2D eigenvalue weighted by Gasteiger charge is -2.18. The number of hydrogen-bond donors (Lipinski definition) is 2. The summed E-state index contributed by atoms with van der Waals surface area (Å²) in [5.74, 6) is 1.41. The number of aliphatic imine (C=N–C) groups is 1. The highest BCUT2D eigenvalue weighted by Gasteiger charge is 2.06. The number of carbonyl (C=O) groups is 1. The van der Waals surface area contributed by atoms with E-state index in [9.17, 15) is 4.79 Å². The minimum absolute atomic E-state index is 0.143. The molecule has 0 aliphatic carbocycles. The largest absolute Gasteiger partial charge is 0.466 e. The summed E-state index contributed by atoms with van der Waals surface area (Å²) in [4.78, 5) is 15.7. The van der Waals surface area contributed by atoms with Crippen LogP contribution in [-0.4, -0.2) is 37.7 Å². The molecule has 21 heavy (non-hydrogen) atoms. The molecule has 1 atom stereocenters. The van der Waals surface area contributed by atoms with Crippen LogP contribution in [0.15, 0.2) is 4.99 Å². The van der Waals surface area contributed by atoms with Crippen LogP contribution >= 0.6 is 0 Å². The molecule has 1 unspecified atom stereocenters. The van der Waals surface area contributed by atoms with Crippen molar-refractivity contribution in [3.05, 3.63) is 0 Å². The maximum atomic E-state index is 11.2. The maximum Gasteiger partial charge on any atom is 0.305 e. The van der Waals surface area contributed by atoms with Crippen molar-refractivity contribution in [2.45, 2.75) is 66.3 Å². The van der Waals surface area contributed by atoms with E-state index >= 15 is 0 Å². The van der Waals surface area contributed by atoms with Gasteiger partial charge in [0.05, 0.1) is 6.61 Å². The summed E-state index contributed by atoms with van der Waals surface area (Å²) in [6.45, 7) is 12.4. The van der Waals surface area contributed by atoms with E-state index in [1.807, 2.05) is 6.92 Å². The second-order valence-electron chi connectivity index (χ2n) is 5.69. The Hall–Kier alpha value is -1.26. The molecule has 0 radical (unpaired) electrons. The number of ether oxygens (including phenoxy) is 1. The molecule has 0 aromatic carbocycles. The molecule has 0 aromatic heterocycles. The van der Waals surface area contributed by atoms with E-state index in [-0.39, 0.29) is 5.97 Å². The fraction of sp³-hybridized carbons (Fsp3) is 0.875. The molecule has 0 fully saturated rings. The van der Waals surface area contributed by atoms with Crippen LogP contribution in [0.5, 0.6) is 0 Å². The van der Waals surface area contributed by atoms with E-state index in [4.69, 9.17) is 4.74 Å². The van der Waals surface area contributed by atoms with Crippen LogP contribution in [0.25, 0.3) is 0 Å². The summed E-state index contributed by atoms with van der Waals surface area (Å²) in [5.41, 5.74) is 0. The van der Waals surface area contributed by atoms with Gasteiger partial charge >= 0.3 is 5.97 Å². The molecule has 0 aliphatic rings. The molecule has 0 aliphatic heterocycles. The first-order valence-corrected chi connectivity index (χ1v) is 8.20. The average molecular weight is 299 g/mol. The molecule has 5 heteroatoms. The third-order valence-electron chi connectivity index (χ3n) is 3.02. The van der Waals surface area contributed by atoms with Gasteiger partial charge in [0.15, 0.2) is 5.96 Å². The van der Waals surface area contributed by atoms with Gasteiger partial charge in [-0.3, -0.25) is 9.79 Å². The van der Waals surface area contributed by atoms with Gasteiger partial charge in [0.25, 0.3) is 0 Å². The van der Waals surface area contributed by atoms with Crippen LogP contribution in [0.4, 0.5) is 0 Å². The van der Waals surface area contributed by atoms with Gasteiger partial charge < -0.3 is 15.4 Å². The van der Waals surface area contributed by atoms with Gasteiger partial charge in [-0.1, -0.05) is 13.8 Å². The highest BCUT2D eigenvalue weighted by molar-refractivity contribution is 5.80. The van der Waals surface area contributed by atoms with Crippen molar-refractivity contribution in [3.63, 3.8) is 0 Å². The van der Waals surface area contributed by atoms with E-state index < -0.39 is 0 Å². The highest BCUT2D eigenvalue weighted by Crippen LogP contribution is 2.06. The molecule has 0 heterocycles. The topological polar surface area (TPSA) is 62.7 Å². The van der Waals surface area contributed by atoms with Crippen molar-refractivity contribution < 1.29 is 9.53 Å². The summed E-state index contributed by atoms with van der Waals surface area (Å²) in [6.07, 6.45) is 3.48. The smallest absolute Gasteiger partial charge is 0.305 e. The Morgan fingerprint density at radius 1 is 1.19 bits per heavy atom. The number of hydrogen-bond acceptors (Lipinski definition) is 3. The first-order chi connectivity index (χ1) is 9.99. The molecule has 0 saturated carbocycles. The van der Waals surface area contributed by atoms with Crippen molar-refractivity contribution in [1.29, 1.82) is 0 Å². The number of carbonyl (C=O) groups excluding carboxylic acids is 1. The molecule has 0 saturated heterocycles. The third kappa shape index (κ3) is 12.2. The first kappa shape index (κ1) is 19.7. The molecule has 0 rings (SSSR count). The van der Waals surface area contributed by atoms with Crippen molar-refractivity contribution in [2.75, 3.05) is 19.7 Å². The number of esters is 1. The third-order valence-corrected chi connectivity index (χ3v) is 3.02. The Bertz CT molecular complexity index is 304. The minimum atomic E-state index is -0.143. The highest BCUT2D eigenvalue weighted by atomic mass is 16.5. The lowest BCUT2D eigenvalue weighted by Crippen LogP contribution is -2.42. The van der Waals surface area contributed by atoms with Crippen LogP contribution in [0, 0.1) is 5.92 Å².